The highest BCUT2D eigenvalue weighted by molar-refractivity contribution is 5.69. The van der Waals surface area contributed by atoms with Crippen LogP contribution >= 0.6 is 0 Å². The van der Waals surface area contributed by atoms with Crippen molar-refractivity contribution in [3.05, 3.63) is 34.4 Å². The summed E-state index contributed by atoms with van der Waals surface area (Å²) in [6, 6.07) is 6.64. The Morgan fingerprint density at radius 3 is 2.34 bits per heavy atom. The smallest absolute Gasteiger partial charge is 0.410 e. The minimum atomic E-state index is -0.540. The number of anilines is 1. The highest BCUT2D eigenvalue weighted by atomic mass is 16.6. The first-order valence-electron chi connectivity index (χ1n) is 10.4. The summed E-state index contributed by atoms with van der Waals surface area (Å²) in [7, 11) is 0. The predicted octanol–water partition coefficient (Wildman–Crippen LogP) is 3.75. The molecule has 29 heavy (non-hydrogen) atoms. The molecule has 0 N–H and O–H groups in total. The maximum atomic E-state index is 12.9. The van der Waals surface area contributed by atoms with Crippen molar-refractivity contribution in [2.45, 2.75) is 52.7 Å². The lowest BCUT2D eigenvalue weighted by Crippen LogP contribution is -2.48. The van der Waals surface area contributed by atoms with Crippen molar-refractivity contribution in [3.8, 4) is 0 Å². The van der Waals surface area contributed by atoms with Crippen LogP contribution in [-0.2, 0) is 4.74 Å². The van der Waals surface area contributed by atoms with Gasteiger partial charge >= 0.3 is 6.09 Å². The SMILES string of the molecule is CCN(CC)CCN(C(=O)OC(C)(C)C)C1CCN(c2ccc([N+](=O)[O-])cc2)C1. The van der Waals surface area contributed by atoms with Gasteiger partial charge in [0.15, 0.2) is 0 Å². The number of ether oxygens (including phenoxy) is 1. The first-order valence-corrected chi connectivity index (χ1v) is 10.4. The Kier molecular flexibility index (Phi) is 7.84. The molecule has 0 radical (unpaired) electrons. The molecular formula is C21H34N4O4. The number of likely N-dealkylation sites (N-methyl/N-ethyl adjacent to an activating group) is 1. The monoisotopic (exact) mass is 406 g/mol. The second kappa shape index (κ2) is 9.91. The van der Waals surface area contributed by atoms with Crippen molar-refractivity contribution < 1.29 is 14.5 Å². The van der Waals surface area contributed by atoms with Gasteiger partial charge in [0.2, 0.25) is 0 Å². The van der Waals surface area contributed by atoms with E-state index in [9.17, 15) is 14.9 Å². The summed E-state index contributed by atoms with van der Waals surface area (Å²) < 4.78 is 5.67. The first-order chi connectivity index (χ1) is 13.6. The lowest BCUT2D eigenvalue weighted by Gasteiger charge is -2.33. The lowest BCUT2D eigenvalue weighted by atomic mass is 10.2. The molecule has 1 heterocycles. The number of hydrogen-bond donors (Lipinski definition) is 0. The summed E-state index contributed by atoms with van der Waals surface area (Å²) in [5.41, 5.74) is 0.478. The maximum absolute atomic E-state index is 12.9. The summed E-state index contributed by atoms with van der Waals surface area (Å²) >= 11 is 0. The molecule has 1 fully saturated rings. The van der Waals surface area contributed by atoms with Crippen molar-refractivity contribution in [3.63, 3.8) is 0 Å². The van der Waals surface area contributed by atoms with Gasteiger partial charge in [-0.3, -0.25) is 10.1 Å². The Bertz CT molecular complexity index is 683. The normalized spacial score (nSPS) is 16.9. The fourth-order valence-corrected chi connectivity index (χ4v) is 3.55. The van der Waals surface area contributed by atoms with E-state index in [1.807, 2.05) is 25.7 Å². The number of non-ortho nitro benzene ring substituents is 1. The van der Waals surface area contributed by atoms with Crippen LogP contribution in [0.15, 0.2) is 24.3 Å². The van der Waals surface area contributed by atoms with Crippen molar-refractivity contribution in [2.24, 2.45) is 0 Å². The third-order valence-electron chi connectivity index (χ3n) is 5.21. The average Bonchev–Trinajstić information content (AvgIpc) is 3.13. The van der Waals surface area contributed by atoms with Gasteiger partial charge in [-0.05, 0) is 52.4 Å². The third-order valence-corrected chi connectivity index (χ3v) is 5.21. The van der Waals surface area contributed by atoms with E-state index in [1.165, 1.54) is 12.1 Å². The van der Waals surface area contributed by atoms with Crippen LogP contribution in [0.2, 0.25) is 0 Å². The van der Waals surface area contributed by atoms with E-state index in [0.29, 0.717) is 13.1 Å². The van der Waals surface area contributed by atoms with Gasteiger partial charge in [0.05, 0.1) is 11.0 Å². The number of rotatable bonds is 8. The Labute approximate surface area is 173 Å². The van der Waals surface area contributed by atoms with E-state index < -0.39 is 10.5 Å². The topological polar surface area (TPSA) is 79.2 Å². The number of nitro groups is 1. The first kappa shape index (κ1) is 22.9. The number of hydrogen-bond acceptors (Lipinski definition) is 6. The van der Waals surface area contributed by atoms with Crippen molar-refractivity contribution >= 4 is 17.5 Å². The van der Waals surface area contributed by atoms with Gasteiger partial charge in [-0.1, -0.05) is 13.8 Å². The Hall–Kier alpha value is -2.35. The number of carbonyl (C=O) groups excluding carboxylic acids is 1. The van der Waals surface area contributed by atoms with Crippen LogP contribution in [0, 0.1) is 10.1 Å². The molecule has 8 heteroatoms. The Morgan fingerprint density at radius 1 is 1.21 bits per heavy atom. The third kappa shape index (κ3) is 6.59. The highest BCUT2D eigenvalue weighted by Gasteiger charge is 2.33. The second-order valence-electron chi connectivity index (χ2n) is 8.36. The zero-order valence-electron chi connectivity index (χ0n) is 18.3. The number of amides is 1. The fourth-order valence-electron chi connectivity index (χ4n) is 3.55. The lowest BCUT2D eigenvalue weighted by molar-refractivity contribution is -0.384. The van der Waals surface area contributed by atoms with Crippen molar-refractivity contribution in [1.29, 1.82) is 0 Å². The van der Waals surface area contributed by atoms with Gasteiger partial charge in [0.1, 0.15) is 5.60 Å². The summed E-state index contributed by atoms with van der Waals surface area (Å²) in [6.07, 6.45) is 0.564. The summed E-state index contributed by atoms with van der Waals surface area (Å²) in [6.45, 7) is 14.7. The fraction of sp³-hybridized carbons (Fsp3) is 0.667. The zero-order valence-corrected chi connectivity index (χ0v) is 18.3. The van der Waals surface area contributed by atoms with E-state index in [2.05, 4.69) is 23.6 Å². The molecule has 0 bridgehead atoms. The van der Waals surface area contributed by atoms with E-state index in [-0.39, 0.29) is 17.8 Å². The summed E-state index contributed by atoms with van der Waals surface area (Å²) in [5, 5.41) is 10.9. The van der Waals surface area contributed by atoms with Crippen LogP contribution in [0.25, 0.3) is 0 Å². The average molecular weight is 407 g/mol. The molecule has 1 aliphatic rings. The summed E-state index contributed by atoms with van der Waals surface area (Å²) in [5.74, 6) is 0. The van der Waals surface area contributed by atoms with Gasteiger partial charge in [-0.2, -0.15) is 0 Å². The van der Waals surface area contributed by atoms with Gasteiger partial charge in [0, 0.05) is 44.0 Å². The molecule has 1 amide bonds. The molecule has 1 atom stereocenters. The van der Waals surface area contributed by atoms with Crippen molar-refractivity contribution in [1.82, 2.24) is 9.80 Å². The van der Waals surface area contributed by atoms with Crippen molar-refractivity contribution in [2.75, 3.05) is 44.2 Å². The molecule has 0 aliphatic carbocycles. The molecule has 1 aliphatic heterocycles. The second-order valence-corrected chi connectivity index (χ2v) is 8.36. The summed E-state index contributed by atoms with van der Waals surface area (Å²) in [4.78, 5) is 29.7. The number of nitro benzene ring substituents is 1. The molecule has 1 aromatic rings. The maximum Gasteiger partial charge on any atom is 0.410 e. The molecule has 1 aromatic carbocycles. The van der Waals surface area contributed by atoms with Crippen LogP contribution in [-0.4, -0.2) is 71.7 Å². The van der Waals surface area contributed by atoms with E-state index in [0.717, 1.165) is 38.3 Å². The van der Waals surface area contributed by atoms with E-state index in [4.69, 9.17) is 4.74 Å². The minimum absolute atomic E-state index is 0.0515. The molecule has 1 unspecified atom stereocenters. The zero-order chi connectivity index (χ0) is 21.6. The van der Waals surface area contributed by atoms with Crippen LogP contribution in [0.1, 0.15) is 41.0 Å². The van der Waals surface area contributed by atoms with E-state index >= 15 is 0 Å². The quantitative estimate of drug-likeness (QED) is 0.483. The molecule has 0 aromatic heterocycles. The molecule has 1 saturated heterocycles. The standard InChI is InChI=1S/C21H34N4O4/c1-6-22(7-2)14-15-24(20(26)29-21(3,4)5)19-12-13-23(16-19)17-8-10-18(11-9-17)25(27)28/h8-11,19H,6-7,12-16H2,1-5H3. The molecule has 8 nitrogen and oxygen atoms in total. The van der Waals surface area contributed by atoms with Gasteiger partial charge in [-0.15, -0.1) is 0 Å². The Morgan fingerprint density at radius 2 is 1.83 bits per heavy atom. The van der Waals surface area contributed by atoms with Gasteiger partial charge < -0.3 is 19.4 Å². The molecule has 0 spiro atoms. The van der Waals surface area contributed by atoms with Crippen LogP contribution in [0.4, 0.5) is 16.2 Å². The van der Waals surface area contributed by atoms with Crippen LogP contribution in [0.5, 0.6) is 0 Å². The van der Waals surface area contributed by atoms with Crippen LogP contribution in [0.3, 0.4) is 0 Å². The predicted molar refractivity (Wildman–Crippen MR) is 114 cm³/mol. The number of carbonyl (C=O) groups is 1. The molecular weight excluding hydrogens is 372 g/mol. The molecule has 2 rings (SSSR count). The minimum Gasteiger partial charge on any atom is -0.444 e. The van der Waals surface area contributed by atoms with Gasteiger partial charge in [0.25, 0.3) is 5.69 Å². The van der Waals surface area contributed by atoms with Crippen LogP contribution < -0.4 is 4.90 Å². The molecule has 0 saturated carbocycles. The van der Waals surface area contributed by atoms with Gasteiger partial charge in [-0.25, -0.2) is 4.79 Å². The largest absolute Gasteiger partial charge is 0.444 e. The highest BCUT2D eigenvalue weighted by Crippen LogP contribution is 2.26. The number of benzene rings is 1. The number of nitrogens with zero attached hydrogens (tertiary/aromatic N) is 4. The molecule has 162 valence electrons. The van der Waals surface area contributed by atoms with E-state index in [1.54, 1.807) is 12.1 Å². The Balaban J connectivity index is 2.09.